The molecule has 0 aliphatic rings. The molecule has 0 radical (unpaired) electrons. The molecule has 0 saturated heterocycles. The molecule has 0 fully saturated rings. The average Bonchev–Trinajstić information content (AvgIpc) is 2.68. The van der Waals surface area contributed by atoms with Gasteiger partial charge < -0.3 is 15.2 Å². The molecule has 0 bridgehead atoms. The Bertz CT molecular complexity index is 744. The number of carbonyl (C=O) groups is 2. The van der Waals surface area contributed by atoms with E-state index in [4.69, 9.17) is 0 Å². The number of hydrogen-bond acceptors (Lipinski definition) is 4. The highest BCUT2D eigenvalue weighted by Crippen LogP contribution is 2.17. The van der Waals surface area contributed by atoms with Gasteiger partial charge in [0.15, 0.2) is 0 Å². The zero-order chi connectivity index (χ0) is 15.6. The number of thiazole rings is 1. The van der Waals surface area contributed by atoms with E-state index in [1.807, 2.05) is 0 Å². The summed E-state index contributed by atoms with van der Waals surface area (Å²) in [6.45, 7) is 3.16. The third-order valence-corrected chi connectivity index (χ3v) is 4.10. The molecule has 0 atom stereocenters. The molecular weight excluding hydrogens is 290 g/mol. The fourth-order valence-electron chi connectivity index (χ4n) is 1.76. The fraction of sp³-hybridized carbons (Fsp3) is 0.214. The van der Waals surface area contributed by atoms with Gasteiger partial charge in [0.25, 0.3) is 5.91 Å². The Hall–Kier alpha value is -2.41. The normalized spacial score (nSPS) is 10.2. The van der Waals surface area contributed by atoms with Crippen molar-refractivity contribution < 1.29 is 9.59 Å². The zero-order valence-electron chi connectivity index (χ0n) is 11.9. The first kappa shape index (κ1) is 15.0. The average molecular weight is 305 g/mol. The van der Waals surface area contributed by atoms with Crippen LogP contribution in [0.15, 0.2) is 29.1 Å². The van der Waals surface area contributed by atoms with Gasteiger partial charge in [-0.25, -0.2) is 0 Å². The van der Waals surface area contributed by atoms with Crippen LogP contribution in [-0.4, -0.2) is 16.4 Å². The van der Waals surface area contributed by atoms with Crippen molar-refractivity contribution in [2.75, 3.05) is 10.6 Å². The topological polar surface area (TPSA) is 80.2 Å². The number of nitrogens with zero attached hydrogens (tertiary/aromatic N) is 1. The summed E-state index contributed by atoms with van der Waals surface area (Å²) < 4.78 is 1.44. The van der Waals surface area contributed by atoms with Crippen molar-refractivity contribution in [2.45, 2.75) is 13.8 Å². The summed E-state index contributed by atoms with van der Waals surface area (Å²) in [5.74, 6) is -0.473. The van der Waals surface area contributed by atoms with E-state index < -0.39 is 0 Å². The molecule has 0 unspecified atom stereocenters. The van der Waals surface area contributed by atoms with Crippen molar-refractivity contribution in [1.82, 2.24) is 4.57 Å². The summed E-state index contributed by atoms with van der Waals surface area (Å²) in [4.78, 5) is 34.8. The summed E-state index contributed by atoms with van der Waals surface area (Å²) in [6.07, 6.45) is 0. The maximum atomic E-state index is 12.1. The van der Waals surface area contributed by atoms with Gasteiger partial charge >= 0.3 is 4.87 Å². The highest BCUT2D eigenvalue weighted by Gasteiger charge is 2.15. The summed E-state index contributed by atoms with van der Waals surface area (Å²) in [7, 11) is 1.63. The molecule has 110 valence electrons. The predicted octanol–water partition coefficient (Wildman–Crippen LogP) is 1.97. The second kappa shape index (κ2) is 5.92. The van der Waals surface area contributed by atoms with Crippen molar-refractivity contribution in [3.8, 4) is 0 Å². The molecule has 7 heteroatoms. The van der Waals surface area contributed by atoms with Crippen LogP contribution in [0.5, 0.6) is 0 Å². The first-order valence-electron chi connectivity index (χ1n) is 6.24. The molecule has 1 aromatic carbocycles. The maximum absolute atomic E-state index is 12.1. The smallest absolute Gasteiger partial charge is 0.307 e. The molecule has 0 aliphatic carbocycles. The Morgan fingerprint density at radius 1 is 1.10 bits per heavy atom. The Morgan fingerprint density at radius 3 is 2.05 bits per heavy atom. The number of anilines is 2. The van der Waals surface area contributed by atoms with Crippen molar-refractivity contribution in [3.63, 3.8) is 0 Å². The Kier molecular flexibility index (Phi) is 4.23. The highest BCUT2D eigenvalue weighted by molar-refractivity contribution is 7.11. The van der Waals surface area contributed by atoms with Crippen LogP contribution in [0.25, 0.3) is 0 Å². The number of amides is 2. The van der Waals surface area contributed by atoms with Gasteiger partial charge in [0.2, 0.25) is 5.91 Å². The lowest BCUT2D eigenvalue weighted by Gasteiger charge is -2.06. The number of carbonyl (C=O) groups excluding carboxylic acids is 2. The van der Waals surface area contributed by atoms with E-state index in [0.717, 1.165) is 11.3 Å². The van der Waals surface area contributed by atoms with Crippen LogP contribution in [0.4, 0.5) is 11.4 Å². The largest absolute Gasteiger partial charge is 0.326 e. The molecule has 21 heavy (non-hydrogen) atoms. The second-order valence-corrected chi connectivity index (χ2v) is 5.52. The van der Waals surface area contributed by atoms with Crippen LogP contribution in [0, 0.1) is 6.92 Å². The van der Waals surface area contributed by atoms with E-state index in [1.165, 1.54) is 11.5 Å². The first-order valence-corrected chi connectivity index (χ1v) is 7.05. The van der Waals surface area contributed by atoms with E-state index in [2.05, 4.69) is 10.6 Å². The van der Waals surface area contributed by atoms with Crippen LogP contribution in [0.1, 0.15) is 22.3 Å². The van der Waals surface area contributed by atoms with Crippen molar-refractivity contribution >= 4 is 34.5 Å². The summed E-state index contributed by atoms with van der Waals surface area (Å²) in [5, 5.41) is 5.37. The molecule has 2 N–H and O–H groups in total. The third kappa shape index (κ3) is 3.38. The Labute approximate surface area is 125 Å². The molecule has 2 rings (SSSR count). The summed E-state index contributed by atoms with van der Waals surface area (Å²) >= 11 is 0.918. The molecule has 0 saturated carbocycles. The second-order valence-electron chi connectivity index (χ2n) is 4.55. The number of nitrogens with one attached hydrogen (secondary N) is 2. The molecule has 0 aliphatic heterocycles. The van der Waals surface area contributed by atoms with E-state index in [9.17, 15) is 14.4 Å². The van der Waals surface area contributed by atoms with Crippen molar-refractivity contribution in [2.24, 2.45) is 7.05 Å². The lowest BCUT2D eigenvalue weighted by molar-refractivity contribution is -0.114. The van der Waals surface area contributed by atoms with Crippen LogP contribution in [0.2, 0.25) is 0 Å². The monoisotopic (exact) mass is 305 g/mol. The standard InChI is InChI=1S/C14H15N3O3S/c1-8-12(21-14(20)17(8)3)13(19)16-11-6-4-10(5-7-11)15-9(2)18/h4-7H,1-3H3,(H,15,18)(H,16,19). The minimum atomic E-state index is -0.317. The molecule has 1 aromatic heterocycles. The Balaban J connectivity index is 2.14. The SMILES string of the molecule is CC(=O)Nc1ccc(NC(=O)c2sc(=O)n(C)c2C)cc1. The Morgan fingerprint density at radius 2 is 1.62 bits per heavy atom. The number of hydrogen-bond donors (Lipinski definition) is 2. The van der Waals surface area contributed by atoms with Gasteiger partial charge in [-0.05, 0) is 31.2 Å². The van der Waals surface area contributed by atoms with E-state index in [1.54, 1.807) is 38.2 Å². The van der Waals surface area contributed by atoms with Gasteiger partial charge in [0.05, 0.1) is 0 Å². The zero-order valence-corrected chi connectivity index (χ0v) is 12.7. The summed E-state index contributed by atoms with van der Waals surface area (Å²) in [5.41, 5.74) is 1.88. The number of rotatable bonds is 3. The lowest BCUT2D eigenvalue weighted by Crippen LogP contribution is -2.13. The van der Waals surface area contributed by atoms with Gasteiger partial charge in [-0.1, -0.05) is 11.3 Å². The highest BCUT2D eigenvalue weighted by atomic mass is 32.1. The van der Waals surface area contributed by atoms with Gasteiger partial charge in [-0.2, -0.15) is 0 Å². The predicted molar refractivity (Wildman–Crippen MR) is 83.0 cm³/mol. The van der Waals surface area contributed by atoms with Crippen LogP contribution >= 0.6 is 11.3 Å². The van der Waals surface area contributed by atoms with Crippen LogP contribution in [-0.2, 0) is 11.8 Å². The first-order chi connectivity index (χ1) is 9.88. The van der Waals surface area contributed by atoms with Crippen molar-refractivity contribution in [1.29, 1.82) is 0 Å². The van der Waals surface area contributed by atoms with Gasteiger partial charge in [0.1, 0.15) is 4.88 Å². The lowest BCUT2D eigenvalue weighted by atomic mass is 10.2. The number of benzene rings is 1. The van der Waals surface area contributed by atoms with Gasteiger partial charge in [-0.3, -0.25) is 14.4 Å². The van der Waals surface area contributed by atoms with Crippen molar-refractivity contribution in [3.05, 3.63) is 44.5 Å². The third-order valence-electron chi connectivity index (χ3n) is 2.96. The van der Waals surface area contributed by atoms with Gasteiger partial charge in [-0.15, -0.1) is 0 Å². The van der Waals surface area contributed by atoms with E-state index in [-0.39, 0.29) is 16.7 Å². The molecule has 0 spiro atoms. The summed E-state index contributed by atoms with van der Waals surface area (Å²) in [6, 6.07) is 6.75. The van der Waals surface area contributed by atoms with E-state index >= 15 is 0 Å². The van der Waals surface area contributed by atoms with Crippen LogP contribution in [0.3, 0.4) is 0 Å². The molecular formula is C14H15N3O3S. The van der Waals surface area contributed by atoms with Gasteiger partial charge in [0, 0.05) is 31.0 Å². The minimum absolute atomic E-state index is 0.156. The van der Waals surface area contributed by atoms with E-state index in [0.29, 0.717) is 21.9 Å². The molecule has 2 amide bonds. The molecule has 1 heterocycles. The van der Waals surface area contributed by atoms with Crippen LogP contribution < -0.4 is 15.5 Å². The molecule has 6 nitrogen and oxygen atoms in total. The molecule has 2 aromatic rings. The maximum Gasteiger partial charge on any atom is 0.307 e. The minimum Gasteiger partial charge on any atom is -0.326 e. The number of aromatic nitrogens is 1. The fourth-order valence-corrected chi connectivity index (χ4v) is 2.63. The quantitative estimate of drug-likeness (QED) is 0.909.